The Balaban J connectivity index is 1.78. The summed E-state index contributed by atoms with van der Waals surface area (Å²) >= 11 is 0. The van der Waals surface area contributed by atoms with Gasteiger partial charge in [-0.05, 0) is 13.0 Å². The highest BCUT2D eigenvalue weighted by atomic mass is 16.5. The van der Waals surface area contributed by atoms with Crippen molar-refractivity contribution in [3.63, 3.8) is 0 Å². The molecule has 2 N–H and O–H groups in total. The first-order valence-electron chi connectivity index (χ1n) is 8.64. The summed E-state index contributed by atoms with van der Waals surface area (Å²) in [4.78, 5) is 12.6. The standard InChI is InChI=1S/C19H24N6O2/c1-13-17(14-8-6-5-7-9-14)23-25(3)18(13)22-19(26)21-15(12-27-4)16-10-11-20-24(16)2/h5-11,15H,12H2,1-4H3,(H2,21,22,26). The molecule has 0 spiro atoms. The predicted octanol–water partition coefficient (Wildman–Crippen LogP) is 2.64. The van der Waals surface area contributed by atoms with E-state index in [9.17, 15) is 4.79 Å². The molecule has 142 valence electrons. The highest BCUT2D eigenvalue weighted by Gasteiger charge is 2.20. The van der Waals surface area contributed by atoms with Gasteiger partial charge in [0.25, 0.3) is 0 Å². The maximum absolute atomic E-state index is 12.6. The Hall–Kier alpha value is -3.13. The monoisotopic (exact) mass is 368 g/mol. The lowest BCUT2D eigenvalue weighted by Gasteiger charge is -2.19. The number of anilines is 1. The zero-order chi connectivity index (χ0) is 19.4. The van der Waals surface area contributed by atoms with Gasteiger partial charge in [0.1, 0.15) is 5.82 Å². The Bertz CT molecular complexity index is 916. The van der Waals surface area contributed by atoms with Crippen molar-refractivity contribution in [1.29, 1.82) is 0 Å². The van der Waals surface area contributed by atoms with E-state index in [1.807, 2.05) is 57.4 Å². The van der Waals surface area contributed by atoms with Crippen molar-refractivity contribution in [2.45, 2.75) is 13.0 Å². The molecular weight excluding hydrogens is 344 g/mol. The Kier molecular flexibility index (Phi) is 5.56. The van der Waals surface area contributed by atoms with Crippen LogP contribution in [0.25, 0.3) is 11.3 Å². The Labute approximate surface area is 158 Å². The number of carbonyl (C=O) groups is 1. The minimum Gasteiger partial charge on any atom is -0.382 e. The second-order valence-electron chi connectivity index (χ2n) is 6.30. The molecule has 1 aromatic carbocycles. The van der Waals surface area contributed by atoms with Crippen LogP contribution in [0.1, 0.15) is 17.3 Å². The van der Waals surface area contributed by atoms with E-state index in [-0.39, 0.29) is 12.1 Å². The Morgan fingerprint density at radius 3 is 2.56 bits per heavy atom. The quantitative estimate of drug-likeness (QED) is 0.700. The molecule has 2 aromatic heterocycles. The van der Waals surface area contributed by atoms with Gasteiger partial charge in [0.2, 0.25) is 0 Å². The lowest BCUT2D eigenvalue weighted by Crippen LogP contribution is -2.36. The summed E-state index contributed by atoms with van der Waals surface area (Å²) < 4.78 is 8.63. The molecule has 8 nitrogen and oxygen atoms in total. The maximum atomic E-state index is 12.6. The van der Waals surface area contributed by atoms with Crippen molar-refractivity contribution in [3.05, 3.63) is 53.9 Å². The number of ether oxygens (including phenoxy) is 1. The van der Waals surface area contributed by atoms with Crippen molar-refractivity contribution in [2.24, 2.45) is 14.1 Å². The number of amides is 2. The van der Waals surface area contributed by atoms with Gasteiger partial charge in [0.15, 0.2) is 0 Å². The van der Waals surface area contributed by atoms with Crippen molar-refractivity contribution in [2.75, 3.05) is 19.0 Å². The van der Waals surface area contributed by atoms with E-state index in [1.165, 1.54) is 0 Å². The van der Waals surface area contributed by atoms with Crippen LogP contribution in [0.3, 0.4) is 0 Å². The molecule has 0 saturated carbocycles. The third-order valence-corrected chi connectivity index (χ3v) is 4.42. The van der Waals surface area contributed by atoms with Gasteiger partial charge < -0.3 is 10.1 Å². The summed E-state index contributed by atoms with van der Waals surface area (Å²) in [5, 5.41) is 14.5. The summed E-state index contributed by atoms with van der Waals surface area (Å²) in [6.07, 6.45) is 1.69. The van der Waals surface area contributed by atoms with Gasteiger partial charge in [-0.1, -0.05) is 30.3 Å². The first-order chi connectivity index (χ1) is 13.0. The van der Waals surface area contributed by atoms with Crippen molar-refractivity contribution < 1.29 is 9.53 Å². The highest BCUT2D eigenvalue weighted by Crippen LogP contribution is 2.27. The van der Waals surface area contributed by atoms with Crippen molar-refractivity contribution in [1.82, 2.24) is 24.9 Å². The molecule has 1 atom stereocenters. The number of urea groups is 1. The number of aromatic nitrogens is 4. The first-order valence-corrected chi connectivity index (χ1v) is 8.64. The van der Waals surface area contributed by atoms with E-state index in [0.29, 0.717) is 12.4 Å². The topological polar surface area (TPSA) is 86.0 Å². The summed E-state index contributed by atoms with van der Waals surface area (Å²) in [6.45, 7) is 2.28. The van der Waals surface area contributed by atoms with Gasteiger partial charge in [-0.25, -0.2) is 4.79 Å². The van der Waals surface area contributed by atoms with E-state index in [0.717, 1.165) is 22.5 Å². The second-order valence-corrected chi connectivity index (χ2v) is 6.30. The van der Waals surface area contributed by atoms with Crippen molar-refractivity contribution >= 4 is 11.8 Å². The molecular formula is C19H24N6O2. The fourth-order valence-electron chi connectivity index (χ4n) is 3.07. The third kappa shape index (κ3) is 4.01. The molecule has 0 aliphatic carbocycles. The second kappa shape index (κ2) is 8.05. The van der Waals surface area contributed by atoms with Gasteiger partial charge in [-0.2, -0.15) is 10.2 Å². The summed E-state index contributed by atoms with van der Waals surface area (Å²) in [5.74, 6) is 0.646. The van der Waals surface area contributed by atoms with Gasteiger partial charge in [0.05, 0.1) is 24.0 Å². The molecule has 8 heteroatoms. The van der Waals surface area contributed by atoms with Crippen LogP contribution in [0.5, 0.6) is 0 Å². The summed E-state index contributed by atoms with van der Waals surface area (Å²) in [7, 11) is 5.23. The van der Waals surface area contributed by atoms with Crippen LogP contribution < -0.4 is 10.6 Å². The zero-order valence-corrected chi connectivity index (χ0v) is 15.9. The van der Waals surface area contributed by atoms with Crippen molar-refractivity contribution in [3.8, 4) is 11.3 Å². The first kappa shape index (κ1) is 18.7. The summed E-state index contributed by atoms with van der Waals surface area (Å²) in [6, 6.07) is 11.1. The smallest absolute Gasteiger partial charge is 0.321 e. The lowest BCUT2D eigenvalue weighted by atomic mass is 10.1. The number of methoxy groups -OCH3 is 1. The van der Waals surface area contributed by atoms with Gasteiger partial charge in [-0.15, -0.1) is 0 Å². The molecule has 0 saturated heterocycles. The SMILES string of the molecule is COCC(NC(=O)Nc1c(C)c(-c2ccccc2)nn1C)c1ccnn1C. The molecule has 2 amide bonds. The van der Waals surface area contributed by atoms with E-state index in [2.05, 4.69) is 20.8 Å². The predicted molar refractivity (Wildman–Crippen MR) is 103 cm³/mol. The largest absolute Gasteiger partial charge is 0.382 e. The molecule has 0 aliphatic rings. The number of benzene rings is 1. The average Bonchev–Trinajstić information content (AvgIpc) is 3.20. The number of hydrogen-bond donors (Lipinski definition) is 2. The Morgan fingerprint density at radius 2 is 1.93 bits per heavy atom. The van der Waals surface area contributed by atoms with Crippen LogP contribution in [0.2, 0.25) is 0 Å². The fourth-order valence-corrected chi connectivity index (χ4v) is 3.07. The van der Waals surface area contributed by atoms with E-state index in [1.54, 1.807) is 22.7 Å². The van der Waals surface area contributed by atoms with Crippen LogP contribution in [0, 0.1) is 6.92 Å². The van der Waals surface area contributed by atoms with Gasteiger partial charge in [0, 0.05) is 38.5 Å². The normalized spacial score (nSPS) is 12.0. The molecule has 0 aliphatic heterocycles. The Morgan fingerprint density at radius 1 is 1.19 bits per heavy atom. The minimum absolute atomic E-state index is 0.315. The third-order valence-electron chi connectivity index (χ3n) is 4.42. The highest BCUT2D eigenvalue weighted by molar-refractivity contribution is 5.90. The summed E-state index contributed by atoms with van der Waals surface area (Å²) in [5.41, 5.74) is 3.61. The number of hydrogen-bond acceptors (Lipinski definition) is 4. The fraction of sp³-hybridized carbons (Fsp3) is 0.316. The molecule has 1 unspecified atom stereocenters. The average molecular weight is 368 g/mol. The zero-order valence-electron chi connectivity index (χ0n) is 15.9. The maximum Gasteiger partial charge on any atom is 0.321 e. The lowest BCUT2D eigenvalue weighted by molar-refractivity contribution is 0.165. The van der Waals surface area contributed by atoms with Crippen LogP contribution in [0.4, 0.5) is 10.6 Å². The number of nitrogens with zero attached hydrogens (tertiary/aromatic N) is 4. The number of aryl methyl sites for hydroxylation is 2. The van der Waals surface area contributed by atoms with Gasteiger partial charge in [-0.3, -0.25) is 14.7 Å². The molecule has 0 radical (unpaired) electrons. The van der Waals surface area contributed by atoms with Crippen LogP contribution in [-0.4, -0.2) is 39.3 Å². The van der Waals surface area contributed by atoms with Gasteiger partial charge >= 0.3 is 6.03 Å². The number of carbonyl (C=O) groups excluding carboxylic acids is 1. The van der Waals surface area contributed by atoms with E-state index in [4.69, 9.17) is 4.74 Å². The van der Waals surface area contributed by atoms with Crippen LogP contribution >= 0.6 is 0 Å². The number of rotatable bonds is 6. The molecule has 27 heavy (non-hydrogen) atoms. The molecule has 0 fully saturated rings. The molecule has 0 bridgehead atoms. The number of nitrogens with one attached hydrogen (secondary N) is 2. The molecule has 2 heterocycles. The van der Waals surface area contributed by atoms with Crippen LogP contribution in [-0.2, 0) is 18.8 Å². The van der Waals surface area contributed by atoms with Crippen LogP contribution in [0.15, 0.2) is 42.6 Å². The van der Waals surface area contributed by atoms with E-state index < -0.39 is 0 Å². The minimum atomic E-state index is -0.330. The van der Waals surface area contributed by atoms with E-state index >= 15 is 0 Å². The molecule has 3 rings (SSSR count). The molecule has 3 aromatic rings.